The molecule has 0 saturated carbocycles. The molecule has 6 heteroatoms. The number of nitrogens with zero attached hydrogens (tertiary/aromatic N) is 4. The van der Waals surface area contributed by atoms with Crippen LogP contribution in [0.3, 0.4) is 0 Å². The molecule has 0 aliphatic carbocycles. The second-order valence-corrected chi connectivity index (χ2v) is 8.35. The lowest BCUT2D eigenvalue weighted by molar-refractivity contribution is -0.123. The summed E-state index contributed by atoms with van der Waals surface area (Å²) in [6.07, 6.45) is 8.52. The number of carbonyl (C=O) groups excluding carboxylic acids is 1. The molecule has 6 nitrogen and oxygen atoms in total. The van der Waals surface area contributed by atoms with Crippen molar-refractivity contribution in [3.05, 3.63) is 18.6 Å². The van der Waals surface area contributed by atoms with E-state index in [0.29, 0.717) is 5.92 Å². The van der Waals surface area contributed by atoms with Crippen LogP contribution in [0.5, 0.6) is 0 Å². The summed E-state index contributed by atoms with van der Waals surface area (Å²) in [5, 5.41) is 3.40. The molecule has 3 fully saturated rings. The Balaban J connectivity index is 1.42. The Morgan fingerprint density at radius 3 is 2.76 bits per heavy atom. The third kappa shape index (κ3) is 3.12. The fourth-order valence-corrected chi connectivity index (χ4v) is 4.85. The highest BCUT2D eigenvalue weighted by Gasteiger charge is 2.57. The molecule has 1 aromatic rings. The van der Waals surface area contributed by atoms with E-state index < -0.39 is 0 Å². The lowest BCUT2D eigenvalue weighted by Crippen LogP contribution is -2.55. The van der Waals surface area contributed by atoms with Crippen molar-refractivity contribution in [3.8, 4) is 0 Å². The largest absolute Gasteiger partial charge is 0.355 e. The number of hydrogen-bond donors (Lipinski definition) is 1. The number of fused-ring (bicyclic) bond motifs is 2. The molecule has 0 radical (unpaired) electrons. The van der Waals surface area contributed by atoms with Crippen molar-refractivity contribution < 1.29 is 4.79 Å². The number of hydrogen-bond acceptors (Lipinski definition) is 5. The summed E-state index contributed by atoms with van der Waals surface area (Å²) in [5.74, 6) is 2.61. The van der Waals surface area contributed by atoms with Gasteiger partial charge in [-0.25, -0.2) is 4.98 Å². The van der Waals surface area contributed by atoms with Crippen LogP contribution in [0.2, 0.25) is 0 Å². The Bertz CT molecular complexity index is 612. The van der Waals surface area contributed by atoms with Gasteiger partial charge in [-0.2, -0.15) is 0 Å². The van der Waals surface area contributed by atoms with E-state index in [1.807, 2.05) is 6.20 Å². The standard InChI is InChI=1S/C19H29N5O/c1-14(2)3-8-23-12-15-16(13-23)19(22-18(15)25)4-9-24(10-5-19)17-11-20-6-7-21-17/h6-7,11,14-16H,3-5,8-10,12-13H2,1-2H3,(H,22,25)/t15-,16+/m0/s1. The van der Waals surface area contributed by atoms with E-state index in [-0.39, 0.29) is 17.4 Å². The molecule has 0 aromatic carbocycles. The van der Waals surface area contributed by atoms with Crippen LogP contribution in [0, 0.1) is 17.8 Å². The normalized spacial score (nSPS) is 28.6. The minimum atomic E-state index is -0.00691. The molecule has 1 spiro atoms. The first-order valence-electron chi connectivity index (χ1n) is 9.63. The van der Waals surface area contributed by atoms with Crippen LogP contribution >= 0.6 is 0 Å². The van der Waals surface area contributed by atoms with Crippen molar-refractivity contribution in [2.24, 2.45) is 17.8 Å². The van der Waals surface area contributed by atoms with Gasteiger partial charge in [0.15, 0.2) is 0 Å². The average Bonchev–Trinajstić information content (AvgIpc) is 3.15. The summed E-state index contributed by atoms with van der Waals surface area (Å²) in [6.45, 7) is 9.56. The smallest absolute Gasteiger partial charge is 0.225 e. The molecule has 3 aliphatic heterocycles. The van der Waals surface area contributed by atoms with Crippen LogP contribution in [0.1, 0.15) is 33.1 Å². The third-order valence-electron chi connectivity index (χ3n) is 6.37. The van der Waals surface area contributed by atoms with Crippen molar-refractivity contribution in [1.82, 2.24) is 20.2 Å². The van der Waals surface area contributed by atoms with Crippen LogP contribution in [-0.4, -0.2) is 59.0 Å². The fourth-order valence-electron chi connectivity index (χ4n) is 4.85. The van der Waals surface area contributed by atoms with Gasteiger partial charge >= 0.3 is 0 Å². The zero-order valence-corrected chi connectivity index (χ0v) is 15.3. The number of rotatable bonds is 4. The Hall–Kier alpha value is -1.69. The van der Waals surface area contributed by atoms with Gasteiger partial charge in [-0.3, -0.25) is 9.78 Å². The average molecular weight is 343 g/mol. The first kappa shape index (κ1) is 16.8. The highest BCUT2D eigenvalue weighted by Crippen LogP contribution is 2.44. The summed E-state index contributed by atoms with van der Waals surface area (Å²) < 4.78 is 0. The van der Waals surface area contributed by atoms with Gasteiger partial charge in [-0.05, 0) is 31.7 Å². The van der Waals surface area contributed by atoms with Crippen molar-refractivity contribution in [2.75, 3.05) is 37.6 Å². The molecule has 1 amide bonds. The molecular weight excluding hydrogens is 314 g/mol. The highest BCUT2D eigenvalue weighted by atomic mass is 16.2. The summed E-state index contributed by atoms with van der Waals surface area (Å²) in [7, 11) is 0. The van der Waals surface area contributed by atoms with Crippen LogP contribution < -0.4 is 10.2 Å². The second kappa shape index (κ2) is 6.56. The number of nitrogens with one attached hydrogen (secondary N) is 1. The fraction of sp³-hybridized carbons (Fsp3) is 0.737. The minimum Gasteiger partial charge on any atom is -0.355 e. The zero-order valence-electron chi connectivity index (χ0n) is 15.3. The van der Waals surface area contributed by atoms with Gasteiger partial charge in [0.2, 0.25) is 5.91 Å². The van der Waals surface area contributed by atoms with Crippen LogP contribution in [-0.2, 0) is 4.79 Å². The number of likely N-dealkylation sites (tertiary alicyclic amines) is 1. The quantitative estimate of drug-likeness (QED) is 0.899. The monoisotopic (exact) mass is 343 g/mol. The van der Waals surface area contributed by atoms with Crippen LogP contribution in [0.4, 0.5) is 5.82 Å². The van der Waals surface area contributed by atoms with Crippen molar-refractivity contribution in [2.45, 2.75) is 38.6 Å². The summed E-state index contributed by atoms with van der Waals surface area (Å²) in [5.41, 5.74) is -0.00691. The highest BCUT2D eigenvalue weighted by molar-refractivity contribution is 5.83. The van der Waals surface area contributed by atoms with Gasteiger partial charge in [0.05, 0.1) is 12.1 Å². The molecule has 4 heterocycles. The van der Waals surface area contributed by atoms with Gasteiger partial charge in [0.1, 0.15) is 5.82 Å². The molecule has 1 N–H and O–H groups in total. The summed E-state index contributed by atoms with van der Waals surface area (Å²) in [4.78, 5) is 26.0. The van der Waals surface area contributed by atoms with Crippen molar-refractivity contribution >= 4 is 11.7 Å². The zero-order chi connectivity index (χ0) is 17.4. The van der Waals surface area contributed by atoms with E-state index in [2.05, 4.69) is 38.9 Å². The Kier molecular flexibility index (Phi) is 4.40. The second-order valence-electron chi connectivity index (χ2n) is 8.35. The number of aromatic nitrogens is 2. The van der Waals surface area contributed by atoms with Gasteiger partial charge in [-0.15, -0.1) is 0 Å². The van der Waals surface area contributed by atoms with E-state index in [1.165, 1.54) is 6.42 Å². The lowest BCUT2D eigenvalue weighted by atomic mass is 9.75. The van der Waals surface area contributed by atoms with Gasteiger partial charge in [0, 0.05) is 50.0 Å². The maximum atomic E-state index is 12.6. The number of piperidine rings is 1. The molecule has 25 heavy (non-hydrogen) atoms. The van der Waals surface area contributed by atoms with E-state index in [4.69, 9.17) is 0 Å². The SMILES string of the molecule is CC(C)CCN1C[C@@H]2C(=O)NC3(CCN(c4cnccn4)CC3)[C@@H]2C1. The first-order chi connectivity index (χ1) is 12.1. The van der Waals surface area contributed by atoms with Gasteiger partial charge in [-0.1, -0.05) is 13.8 Å². The van der Waals surface area contributed by atoms with Crippen LogP contribution in [0.15, 0.2) is 18.6 Å². The van der Waals surface area contributed by atoms with E-state index in [9.17, 15) is 4.79 Å². The Morgan fingerprint density at radius 2 is 2.08 bits per heavy atom. The minimum absolute atomic E-state index is 0.00691. The number of carbonyl (C=O) groups is 1. The van der Waals surface area contributed by atoms with Gasteiger partial charge in [0.25, 0.3) is 0 Å². The summed E-state index contributed by atoms with van der Waals surface area (Å²) in [6, 6.07) is 0. The van der Waals surface area contributed by atoms with E-state index >= 15 is 0 Å². The molecule has 2 atom stereocenters. The third-order valence-corrected chi connectivity index (χ3v) is 6.37. The predicted octanol–water partition coefficient (Wildman–Crippen LogP) is 1.54. The maximum absolute atomic E-state index is 12.6. The van der Waals surface area contributed by atoms with E-state index in [0.717, 1.165) is 57.3 Å². The van der Waals surface area contributed by atoms with E-state index in [1.54, 1.807) is 12.4 Å². The predicted molar refractivity (Wildman–Crippen MR) is 97.2 cm³/mol. The molecule has 3 saturated heterocycles. The summed E-state index contributed by atoms with van der Waals surface area (Å²) >= 11 is 0. The first-order valence-corrected chi connectivity index (χ1v) is 9.63. The number of amides is 1. The topological polar surface area (TPSA) is 61.4 Å². The Labute approximate surface area is 150 Å². The van der Waals surface area contributed by atoms with Crippen molar-refractivity contribution in [1.29, 1.82) is 0 Å². The van der Waals surface area contributed by atoms with Gasteiger partial charge < -0.3 is 15.1 Å². The molecule has 1 aromatic heterocycles. The maximum Gasteiger partial charge on any atom is 0.225 e. The molecule has 4 rings (SSSR count). The molecular formula is C19H29N5O. The molecule has 0 bridgehead atoms. The van der Waals surface area contributed by atoms with Crippen molar-refractivity contribution in [3.63, 3.8) is 0 Å². The number of anilines is 1. The molecule has 136 valence electrons. The lowest BCUT2D eigenvalue weighted by Gasteiger charge is -2.43. The molecule has 3 aliphatic rings. The Morgan fingerprint density at radius 1 is 1.28 bits per heavy atom. The molecule has 0 unspecified atom stereocenters. The van der Waals surface area contributed by atoms with Crippen LogP contribution in [0.25, 0.3) is 0 Å².